The highest BCUT2D eigenvalue weighted by molar-refractivity contribution is 9.10. The number of nitro benzene ring substituents is 1. The molecule has 0 aliphatic carbocycles. The van der Waals surface area contributed by atoms with E-state index >= 15 is 0 Å². The number of nitrogens with zero attached hydrogens (tertiary/aromatic N) is 2. The summed E-state index contributed by atoms with van der Waals surface area (Å²) in [6.07, 6.45) is 1.46. The number of carbonyl (C=O) groups excluding carboxylic acids is 1. The van der Waals surface area contributed by atoms with Crippen LogP contribution in [0.1, 0.15) is 27.0 Å². The van der Waals surface area contributed by atoms with E-state index in [-0.39, 0.29) is 17.9 Å². The lowest BCUT2D eigenvalue weighted by Gasteiger charge is -2.14. The van der Waals surface area contributed by atoms with Gasteiger partial charge in [-0.3, -0.25) is 14.9 Å². The number of ether oxygens (including phenoxy) is 3. The second-order valence-corrected chi connectivity index (χ2v) is 9.15. The fraction of sp³-hybridized carbons (Fsp3) is 0.103. The number of benzene rings is 4. The van der Waals surface area contributed by atoms with Crippen LogP contribution in [0.3, 0.4) is 0 Å². The van der Waals surface area contributed by atoms with E-state index in [1.165, 1.54) is 30.5 Å². The average molecular weight is 590 g/mol. The van der Waals surface area contributed by atoms with Crippen molar-refractivity contribution in [3.05, 3.63) is 128 Å². The molecule has 10 heteroatoms. The third kappa shape index (κ3) is 7.65. The molecule has 0 fully saturated rings. The minimum Gasteiger partial charge on any atom is -0.493 e. The quantitative estimate of drug-likeness (QED) is 0.125. The lowest BCUT2D eigenvalue weighted by molar-refractivity contribution is -0.384. The number of rotatable bonds is 11. The van der Waals surface area contributed by atoms with E-state index in [9.17, 15) is 14.9 Å². The van der Waals surface area contributed by atoms with Crippen molar-refractivity contribution in [3.63, 3.8) is 0 Å². The fourth-order valence-corrected chi connectivity index (χ4v) is 3.91. The summed E-state index contributed by atoms with van der Waals surface area (Å²) in [4.78, 5) is 22.6. The van der Waals surface area contributed by atoms with E-state index in [4.69, 9.17) is 14.2 Å². The molecular weight excluding hydrogens is 566 g/mol. The molecule has 0 aliphatic rings. The second-order valence-electron chi connectivity index (χ2n) is 8.23. The minimum absolute atomic E-state index is 0.0991. The van der Waals surface area contributed by atoms with Crippen molar-refractivity contribution in [2.45, 2.75) is 13.2 Å². The molecule has 0 atom stereocenters. The van der Waals surface area contributed by atoms with E-state index in [0.717, 1.165) is 15.6 Å². The fourth-order valence-electron chi connectivity index (χ4n) is 3.53. The van der Waals surface area contributed by atoms with Crippen LogP contribution in [0.25, 0.3) is 0 Å². The van der Waals surface area contributed by atoms with Crippen LogP contribution in [-0.2, 0) is 13.2 Å². The number of non-ortho nitro benzene ring substituents is 1. The van der Waals surface area contributed by atoms with Crippen molar-refractivity contribution in [1.82, 2.24) is 5.43 Å². The van der Waals surface area contributed by atoms with Gasteiger partial charge in [-0.05, 0) is 53.6 Å². The average Bonchev–Trinajstić information content (AvgIpc) is 2.96. The molecule has 0 saturated heterocycles. The smallest absolute Gasteiger partial charge is 0.271 e. The highest BCUT2D eigenvalue weighted by Gasteiger charge is 2.10. The van der Waals surface area contributed by atoms with E-state index in [1.54, 1.807) is 19.2 Å². The zero-order valence-corrected chi connectivity index (χ0v) is 22.5. The van der Waals surface area contributed by atoms with Crippen LogP contribution >= 0.6 is 15.9 Å². The third-order valence-electron chi connectivity index (χ3n) is 5.54. The van der Waals surface area contributed by atoms with E-state index in [2.05, 4.69) is 26.5 Å². The van der Waals surface area contributed by atoms with Crippen molar-refractivity contribution in [3.8, 4) is 17.2 Å². The molecule has 4 rings (SSSR count). The maximum absolute atomic E-state index is 12.3. The Morgan fingerprint density at radius 3 is 2.31 bits per heavy atom. The topological polar surface area (TPSA) is 112 Å². The summed E-state index contributed by atoms with van der Waals surface area (Å²) in [5.41, 5.74) is 5.12. The summed E-state index contributed by atoms with van der Waals surface area (Å²) in [6.45, 7) is 0.683. The molecule has 0 bridgehead atoms. The summed E-state index contributed by atoms with van der Waals surface area (Å²) in [7, 11) is 1.59. The molecule has 1 N–H and O–H groups in total. The maximum Gasteiger partial charge on any atom is 0.271 e. The van der Waals surface area contributed by atoms with E-state index in [1.807, 2.05) is 54.6 Å². The van der Waals surface area contributed by atoms with Gasteiger partial charge in [-0.15, -0.1) is 0 Å². The lowest BCUT2D eigenvalue weighted by atomic mass is 10.2. The summed E-state index contributed by atoms with van der Waals surface area (Å²) < 4.78 is 18.3. The maximum atomic E-state index is 12.3. The van der Waals surface area contributed by atoms with Crippen molar-refractivity contribution in [2.75, 3.05) is 7.11 Å². The van der Waals surface area contributed by atoms with Gasteiger partial charge in [-0.1, -0.05) is 52.3 Å². The van der Waals surface area contributed by atoms with Crippen molar-refractivity contribution >= 4 is 33.7 Å². The molecule has 39 heavy (non-hydrogen) atoms. The van der Waals surface area contributed by atoms with Gasteiger partial charge in [0.05, 0.1) is 18.2 Å². The lowest BCUT2D eigenvalue weighted by Crippen LogP contribution is -2.17. The first-order chi connectivity index (χ1) is 18.9. The van der Waals surface area contributed by atoms with Crippen molar-refractivity contribution in [2.24, 2.45) is 5.10 Å². The molecule has 4 aromatic carbocycles. The number of nitrogens with one attached hydrogen (secondary N) is 1. The molecule has 0 aromatic heterocycles. The molecule has 4 aromatic rings. The normalized spacial score (nSPS) is 10.7. The Balaban J connectivity index is 1.39. The largest absolute Gasteiger partial charge is 0.493 e. The Hall–Kier alpha value is -4.70. The molecule has 0 heterocycles. The number of nitro groups is 1. The molecule has 0 saturated carbocycles. The van der Waals surface area contributed by atoms with Gasteiger partial charge < -0.3 is 14.2 Å². The number of carbonyl (C=O) groups is 1. The van der Waals surface area contributed by atoms with Crippen molar-refractivity contribution < 1.29 is 23.9 Å². The van der Waals surface area contributed by atoms with Gasteiger partial charge in [0.2, 0.25) is 0 Å². The highest BCUT2D eigenvalue weighted by Crippen LogP contribution is 2.30. The van der Waals surface area contributed by atoms with E-state index in [0.29, 0.717) is 29.4 Å². The Morgan fingerprint density at radius 2 is 1.59 bits per heavy atom. The number of methoxy groups -OCH3 is 1. The van der Waals surface area contributed by atoms with Gasteiger partial charge in [-0.25, -0.2) is 5.43 Å². The molecule has 0 aliphatic heterocycles. The van der Waals surface area contributed by atoms with Gasteiger partial charge in [0, 0.05) is 27.7 Å². The number of hydrogen-bond donors (Lipinski definition) is 1. The molecule has 0 spiro atoms. The number of amides is 1. The molecule has 0 unspecified atom stereocenters. The monoisotopic (exact) mass is 589 g/mol. The van der Waals surface area contributed by atoms with Gasteiger partial charge >= 0.3 is 0 Å². The predicted molar refractivity (Wildman–Crippen MR) is 150 cm³/mol. The highest BCUT2D eigenvalue weighted by atomic mass is 79.9. The van der Waals surface area contributed by atoms with Crippen LogP contribution in [0.5, 0.6) is 17.2 Å². The van der Waals surface area contributed by atoms with Crippen LogP contribution < -0.4 is 19.6 Å². The first kappa shape index (κ1) is 27.3. The zero-order valence-electron chi connectivity index (χ0n) is 20.9. The second kappa shape index (κ2) is 13.2. The molecule has 1 amide bonds. The van der Waals surface area contributed by atoms with Gasteiger partial charge in [0.15, 0.2) is 11.5 Å². The Kier molecular flexibility index (Phi) is 9.25. The molecule has 9 nitrogen and oxygen atoms in total. The minimum atomic E-state index is -0.529. The first-order valence-corrected chi connectivity index (χ1v) is 12.6. The van der Waals surface area contributed by atoms with Crippen LogP contribution in [0.15, 0.2) is 101 Å². The Bertz CT molecular complexity index is 1480. The summed E-state index contributed by atoms with van der Waals surface area (Å²) in [5, 5.41) is 14.8. The Morgan fingerprint density at radius 1 is 0.897 bits per heavy atom. The number of hydrogen-bond acceptors (Lipinski definition) is 7. The van der Waals surface area contributed by atoms with Gasteiger partial charge in [0.1, 0.15) is 19.0 Å². The molecule has 0 radical (unpaired) electrons. The van der Waals surface area contributed by atoms with Crippen LogP contribution in [-0.4, -0.2) is 24.2 Å². The molecule has 198 valence electrons. The standard InChI is InChI=1S/C29H24BrN3O6/c1-37-28-15-21(7-13-27(28)39-18-20-5-3-2-4-6-20)19-38-26-14-10-24(30)16-23(26)17-31-32-29(34)22-8-11-25(12-9-22)33(35)36/h2-17H,18-19H2,1H3,(H,32,34)/b31-17+. The SMILES string of the molecule is COc1cc(COc2ccc(Br)cc2/C=N/NC(=O)c2ccc([N+](=O)[O-])cc2)ccc1OCc1ccccc1. The van der Waals surface area contributed by atoms with Gasteiger partial charge in [0.25, 0.3) is 11.6 Å². The van der Waals surface area contributed by atoms with Crippen molar-refractivity contribution in [1.29, 1.82) is 0 Å². The third-order valence-corrected chi connectivity index (χ3v) is 6.03. The Labute approximate surface area is 233 Å². The molecular formula is C29H24BrN3O6. The first-order valence-electron chi connectivity index (χ1n) is 11.8. The summed E-state index contributed by atoms with van der Waals surface area (Å²) in [6, 6.07) is 26.2. The predicted octanol–water partition coefficient (Wildman–Crippen LogP) is 6.29. The van der Waals surface area contributed by atoms with E-state index < -0.39 is 10.8 Å². The zero-order chi connectivity index (χ0) is 27.6. The number of halogens is 1. The van der Waals surface area contributed by atoms with Crippen LogP contribution in [0.4, 0.5) is 5.69 Å². The van der Waals surface area contributed by atoms with Crippen LogP contribution in [0, 0.1) is 10.1 Å². The summed E-state index contributed by atoms with van der Waals surface area (Å²) in [5.74, 6) is 1.28. The number of hydrazone groups is 1. The van der Waals surface area contributed by atoms with Gasteiger partial charge in [-0.2, -0.15) is 5.10 Å². The van der Waals surface area contributed by atoms with Crippen LogP contribution in [0.2, 0.25) is 0 Å². The summed E-state index contributed by atoms with van der Waals surface area (Å²) >= 11 is 3.44.